The van der Waals surface area contributed by atoms with Crippen molar-refractivity contribution in [1.29, 1.82) is 0 Å². The summed E-state index contributed by atoms with van der Waals surface area (Å²) in [5.74, 6) is 0.0711. The second-order valence-corrected chi connectivity index (χ2v) is 5.44. The number of aryl methyl sites for hydroxylation is 1. The van der Waals surface area contributed by atoms with Crippen molar-refractivity contribution in [2.75, 3.05) is 5.32 Å². The van der Waals surface area contributed by atoms with Gasteiger partial charge < -0.3 is 10.4 Å². The summed E-state index contributed by atoms with van der Waals surface area (Å²) in [5.41, 5.74) is 2.64. The van der Waals surface area contributed by atoms with E-state index in [1.54, 1.807) is 24.3 Å². The molecule has 0 bridgehead atoms. The van der Waals surface area contributed by atoms with Crippen LogP contribution >= 0.6 is 34.8 Å². The van der Waals surface area contributed by atoms with Crippen LogP contribution in [-0.2, 0) is 6.54 Å². The van der Waals surface area contributed by atoms with Crippen LogP contribution in [0.1, 0.15) is 11.1 Å². The van der Waals surface area contributed by atoms with Gasteiger partial charge in [-0.3, -0.25) is 0 Å². The van der Waals surface area contributed by atoms with Gasteiger partial charge in [-0.25, -0.2) is 0 Å². The first kappa shape index (κ1) is 14.3. The molecule has 0 heterocycles. The number of hydrogen-bond donors (Lipinski definition) is 2. The minimum absolute atomic E-state index is 0.0711. The SMILES string of the molecule is Cc1cc(Cl)c(NCc2ccc(O)c(Cl)c2)cc1Cl. The molecule has 0 saturated carbocycles. The van der Waals surface area contributed by atoms with Gasteiger partial charge in [0.15, 0.2) is 0 Å². The van der Waals surface area contributed by atoms with Crippen molar-refractivity contribution >= 4 is 40.5 Å². The van der Waals surface area contributed by atoms with E-state index in [1.165, 1.54) is 0 Å². The van der Waals surface area contributed by atoms with E-state index in [2.05, 4.69) is 5.32 Å². The van der Waals surface area contributed by atoms with E-state index in [4.69, 9.17) is 34.8 Å². The minimum atomic E-state index is 0.0711. The van der Waals surface area contributed by atoms with E-state index in [9.17, 15) is 5.11 Å². The van der Waals surface area contributed by atoms with Crippen molar-refractivity contribution < 1.29 is 5.11 Å². The van der Waals surface area contributed by atoms with Gasteiger partial charge in [0.1, 0.15) is 5.75 Å². The topological polar surface area (TPSA) is 32.3 Å². The lowest BCUT2D eigenvalue weighted by atomic mass is 10.2. The minimum Gasteiger partial charge on any atom is -0.506 e. The van der Waals surface area contributed by atoms with Crippen molar-refractivity contribution in [3.8, 4) is 5.75 Å². The Morgan fingerprint density at radius 1 is 1.00 bits per heavy atom. The molecule has 5 heteroatoms. The fraction of sp³-hybridized carbons (Fsp3) is 0.143. The third kappa shape index (κ3) is 3.47. The molecule has 0 amide bonds. The van der Waals surface area contributed by atoms with Crippen LogP contribution in [0.4, 0.5) is 5.69 Å². The Labute approximate surface area is 126 Å². The molecule has 0 saturated heterocycles. The van der Waals surface area contributed by atoms with Crippen LogP contribution in [0.3, 0.4) is 0 Å². The van der Waals surface area contributed by atoms with Gasteiger partial charge in [0.2, 0.25) is 0 Å². The average Bonchev–Trinajstić information content (AvgIpc) is 2.36. The lowest BCUT2D eigenvalue weighted by Gasteiger charge is -2.11. The molecule has 0 radical (unpaired) electrons. The van der Waals surface area contributed by atoms with E-state index >= 15 is 0 Å². The highest BCUT2D eigenvalue weighted by atomic mass is 35.5. The van der Waals surface area contributed by atoms with Crippen LogP contribution in [0.2, 0.25) is 15.1 Å². The maximum absolute atomic E-state index is 9.35. The molecule has 0 aromatic heterocycles. The van der Waals surface area contributed by atoms with E-state index < -0.39 is 0 Å². The molecule has 0 unspecified atom stereocenters. The molecule has 2 aromatic carbocycles. The molecule has 0 aliphatic carbocycles. The van der Waals surface area contributed by atoms with E-state index in [1.807, 2.05) is 13.0 Å². The van der Waals surface area contributed by atoms with Crippen molar-refractivity contribution in [3.05, 3.63) is 56.5 Å². The molecule has 2 aromatic rings. The molecule has 0 fully saturated rings. The first-order chi connectivity index (χ1) is 8.97. The number of phenols is 1. The Morgan fingerprint density at radius 3 is 2.42 bits per heavy atom. The zero-order valence-corrected chi connectivity index (χ0v) is 12.4. The molecule has 2 rings (SSSR count). The second-order valence-electron chi connectivity index (χ2n) is 4.22. The maximum atomic E-state index is 9.35. The largest absolute Gasteiger partial charge is 0.506 e. The Morgan fingerprint density at radius 2 is 1.74 bits per heavy atom. The zero-order valence-electron chi connectivity index (χ0n) is 10.2. The molecular weight excluding hydrogens is 305 g/mol. The number of aromatic hydroxyl groups is 1. The van der Waals surface area contributed by atoms with Gasteiger partial charge in [0.25, 0.3) is 0 Å². The number of phenolic OH excluding ortho intramolecular Hbond substituents is 1. The number of anilines is 1. The van der Waals surface area contributed by atoms with Crippen LogP contribution in [0.25, 0.3) is 0 Å². The summed E-state index contributed by atoms with van der Waals surface area (Å²) in [6.07, 6.45) is 0. The predicted octanol–water partition coefficient (Wildman–Crippen LogP) is 5.27. The summed E-state index contributed by atoms with van der Waals surface area (Å²) >= 11 is 18.0. The third-order valence-corrected chi connectivity index (χ3v) is 3.77. The second kappa shape index (κ2) is 5.91. The summed E-state index contributed by atoms with van der Waals surface area (Å²) in [5, 5.41) is 14.1. The third-order valence-electron chi connectivity index (χ3n) is 2.74. The Hall–Kier alpha value is -1.09. The Bertz CT molecular complexity index is 614. The standard InChI is InChI=1S/C14H12Cl3NO/c1-8-4-11(16)13(6-10(8)15)18-7-9-2-3-14(19)12(17)5-9/h2-6,18-19H,7H2,1H3. The van der Waals surface area contributed by atoms with Crippen LogP contribution in [0, 0.1) is 6.92 Å². The maximum Gasteiger partial charge on any atom is 0.134 e. The quantitative estimate of drug-likeness (QED) is 0.808. The van der Waals surface area contributed by atoms with Gasteiger partial charge in [0.05, 0.1) is 15.7 Å². The fourth-order valence-electron chi connectivity index (χ4n) is 1.64. The molecule has 0 atom stereocenters. The Balaban J connectivity index is 2.14. The normalized spacial score (nSPS) is 10.5. The Kier molecular flexibility index (Phi) is 4.46. The van der Waals surface area contributed by atoms with Crippen LogP contribution in [0.5, 0.6) is 5.75 Å². The summed E-state index contributed by atoms with van der Waals surface area (Å²) in [6.45, 7) is 2.44. The number of halogens is 3. The summed E-state index contributed by atoms with van der Waals surface area (Å²) in [7, 11) is 0. The molecule has 0 aliphatic rings. The molecule has 2 N–H and O–H groups in total. The van der Waals surface area contributed by atoms with Crippen molar-refractivity contribution in [3.63, 3.8) is 0 Å². The molecule has 19 heavy (non-hydrogen) atoms. The highest BCUT2D eigenvalue weighted by molar-refractivity contribution is 6.35. The number of nitrogens with one attached hydrogen (secondary N) is 1. The van der Waals surface area contributed by atoms with E-state index in [0.717, 1.165) is 16.8 Å². The first-order valence-electron chi connectivity index (χ1n) is 5.64. The van der Waals surface area contributed by atoms with Gasteiger partial charge in [-0.1, -0.05) is 40.9 Å². The summed E-state index contributed by atoms with van der Waals surface area (Å²) in [6, 6.07) is 8.66. The van der Waals surface area contributed by atoms with Crippen LogP contribution in [-0.4, -0.2) is 5.11 Å². The van der Waals surface area contributed by atoms with Gasteiger partial charge in [0, 0.05) is 11.6 Å². The van der Waals surface area contributed by atoms with Gasteiger partial charge in [-0.2, -0.15) is 0 Å². The number of hydrogen-bond acceptors (Lipinski definition) is 2. The smallest absolute Gasteiger partial charge is 0.134 e. The molecule has 2 nitrogen and oxygen atoms in total. The van der Waals surface area contributed by atoms with E-state index in [-0.39, 0.29) is 5.75 Å². The highest BCUT2D eigenvalue weighted by Gasteiger charge is 2.05. The van der Waals surface area contributed by atoms with Crippen LogP contribution < -0.4 is 5.32 Å². The van der Waals surface area contributed by atoms with Crippen molar-refractivity contribution in [2.24, 2.45) is 0 Å². The number of rotatable bonds is 3. The summed E-state index contributed by atoms with van der Waals surface area (Å²) in [4.78, 5) is 0. The van der Waals surface area contributed by atoms with Gasteiger partial charge in [-0.05, 0) is 42.3 Å². The lowest BCUT2D eigenvalue weighted by Crippen LogP contribution is -2.00. The zero-order chi connectivity index (χ0) is 14.0. The molecule has 0 aliphatic heterocycles. The van der Waals surface area contributed by atoms with Crippen LogP contribution in [0.15, 0.2) is 30.3 Å². The average molecular weight is 317 g/mol. The molecule has 0 spiro atoms. The van der Waals surface area contributed by atoms with Gasteiger partial charge in [-0.15, -0.1) is 0 Å². The monoisotopic (exact) mass is 315 g/mol. The fourth-order valence-corrected chi connectivity index (χ4v) is 2.29. The predicted molar refractivity (Wildman–Crippen MR) is 81.6 cm³/mol. The van der Waals surface area contributed by atoms with Crippen molar-refractivity contribution in [2.45, 2.75) is 13.5 Å². The van der Waals surface area contributed by atoms with Crippen molar-refractivity contribution in [1.82, 2.24) is 0 Å². The highest BCUT2D eigenvalue weighted by Crippen LogP contribution is 2.30. The molecular formula is C14H12Cl3NO. The first-order valence-corrected chi connectivity index (χ1v) is 6.77. The van der Waals surface area contributed by atoms with Gasteiger partial charge >= 0.3 is 0 Å². The van der Waals surface area contributed by atoms with E-state index in [0.29, 0.717) is 21.6 Å². The summed E-state index contributed by atoms with van der Waals surface area (Å²) < 4.78 is 0. The molecule has 100 valence electrons. The lowest BCUT2D eigenvalue weighted by molar-refractivity contribution is 0.475. The number of benzene rings is 2.